The van der Waals surface area contributed by atoms with Gasteiger partial charge in [0.15, 0.2) is 0 Å². The van der Waals surface area contributed by atoms with Crippen LogP contribution in [0.15, 0.2) is 41.6 Å². The Morgan fingerprint density at radius 1 is 1.09 bits per heavy atom. The van der Waals surface area contributed by atoms with Crippen molar-refractivity contribution in [3.63, 3.8) is 0 Å². The number of aromatic hydroxyl groups is 1. The molecule has 2 aromatic rings. The molecule has 0 bridgehead atoms. The van der Waals surface area contributed by atoms with Crippen molar-refractivity contribution in [2.45, 2.75) is 19.3 Å². The van der Waals surface area contributed by atoms with E-state index in [1.165, 1.54) is 13.2 Å². The molecule has 0 aliphatic rings. The Labute approximate surface area is 133 Å². The van der Waals surface area contributed by atoms with Crippen LogP contribution in [0, 0.1) is 0 Å². The van der Waals surface area contributed by atoms with Gasteiger partial charge in [0.1, 0.15) is 11.5 Å². The molecule has 0 aromatic heterocycles. The monoisotopic (exact) mass is 315 g/mol. The summed E-state index contributed by atoms with van der Waals surface area (Å²) in [5.41, 5.74) is 0.376. The minimum Gasteiger partial charge on any atom is -0.508 e. The number of fused-ring (bicyclic) bond motifs is 1. The summed E-state index contributed by atoms with van der Waals surface area (Å²) in [6.07, 6.45) is 0.692. The summed E-state index contributed by atoms with van der Waals surface area (Å²) in [5.74, 6) is -0.621. The van der Waals surface area contributed by atoms with Gasteiger partial charge in [-0.3, -0.25) is 9.59 Å². The van der Waals surface area contributed by atoms with Crippen LogP contribution in [-0.2, 0) is 9.53 Å². The van der Waals surface area contributed by atoms with Gasteiger partial charge in [0, 0.05) is 12.0 Å². The van der Waals surface area contributed by atoms with Crippen LogP contribution >= 0.6 is 0 Å². The quantitative estimate of drug-likeness (QED) is 0.281. The molecular weight excluding hydrogens is 298 g/mol. The van der Waals surface area contributed by atoms with Gasteiger partial charge in [-0.25, -0.2) is 0 Å². The first-order valence-corrected chi connectivity index (χ1v) is 7.10. The van der Waals surface area contributed by atoms with E-state index < -0.39 is 5.78 Å². The molecule has 0 atom stereocenters. The minimum absolute atomic E-state index is 0.00738. The van der Waals surface area contributed by atoms with Crippen molar-refractivity contribution in [1.29, 1.82) is 0 Å². The molecule has 0 heterocycles. The molecule has 0 unspecified atom stereocenters. The fourth-order valence-corrected chi connectivity index (χ4v) is 2.25. The number of hydrogen-bond acceptors (Lipinski definition) is 6. The predicted octanol–water partition coefficient (Wildman–Crippen LogP) is 2.90. The lowest BCUT2D eigenvalue weighted by molar-refractivity contribution is -0.140. The second kappa shape index (κ2) is 7.40. The molecule has 0 amide bonds. The van der Waals surface area contributed by atoms with E-state index in [0.717, 1.165) is 10.8 Å². The number of benzene rings is 2. The second-order valence-electron chi connectivity index (χ2n) is 5.05. The zero-order chi connectivity index (χ0) is 16.8. The number of esters is 1. The average Bonchev–Trinajstić information content (AvgIpc) is 2.57. The van der Waals surface area contributed by atoms with Crippen molar-refractivity contribution in [3.8, 4) is 5.75 Å². The van der Waals surface area contributed by atoms with Crippen LogP contribution in [0.2, 0.25) is 0 Å². The highest BCUT2D eigenvalue weighted by atomic mass is 16.5. The molecule has 2 N–H and O–H groups in total. The summed E-state index contributed by atoms with van der Waals surface area (Å²) in [5, 5.41) is 23.1. The Morgan fingerprint density at radius 2 is 1.78 bits per heavy atom. The SMILES string of the molecule is COC(=O)CCCC(=NO)C(=O)c1ccc2cc(O)ccc2c1. The van der Waals surface area contributed by atoms with E-state index in [2.05, 4.69) is 9.89 Å². The van der Waals surface area contributed by atoms with Gasteiger partial charge in [0.2, 0.25) is 5.78 Å². The molecule has 0 saturated carbocycles. The summed E-state index contributed by atoms with van der Waals surface area (Å²) in [7, 11) is 1.29. The first-order chi connectivity index (χ1) is 11.0. The third kappa shape index (κ3) is 4.06. The zero-order valence-corrected chi connectivity index (χ0v) is 12.7. The van der Waals surface area contributed by atoms with E-state index in [-0.39, 0.29) is 30.3 Å². The summed E-state index contributed by atoms with van der Waals surface area (Å²) in [6.45, 7) is 0. The number of oxime groups is 1. The largest absolute Gasteiger partial charge is 0.508 e. The van der Waals surface area contributed by atoms with Crippen LogP contribution in [0.3, 0.4) is 0 Å². The normalized spacial score (nSPS) is 11.4. The number of methoxy groups -OCH3 is 1. The molecule has 0 saturated heterocycles. The second-order valence-corrected chi connectivity index (χ2v) is 5.05. The maximum absolute atomic E-state index is 12.4. The Balaban J connectivity index is 2.14. The maximum Gasteiger partial charge on any atom is 0.305 e. The van der Waals surface area contributed by atoms with Crippen molar-refractivity contribution >= 4 is 28.2 Å². The van der Waals surface area contributed by atoms with E-state index in [1.807, 2.05) is 0 Å². The molecule has 0 aliphatic carbocycles. The molecule has 120 valence electrons. The topological polar surface area (TPSA) is 96.2 Å². The zero-order valence-electron chi connectivity index (χ0n) is 12.7. The van der Waals surface area contributed by atoms with Gasteiger partial charge in [-0.1, -0.05) is 23.4 Å². The number of phenolic OH excluding ortho intramolecular Hbond substituents is 1. The Hall–Kier alpha value is -2.89. The van der Waals surface area contributed by atoms with Gasteiger partial charge < -0.3 is 15.1 Å². The maximum atomic E-state index is 12.4. The van der Waals surface area contributed by atoms with E-state index in [4.69, 9.17) is 5.21 Å². The first kappa shape index (κ1) is 16.5. The molecule has 0 radical (unpaired) electrons. The van der Waals surface area contributed by atoms with Crippen molar-refractivity contribution in [2.24, 2.45) is 5.16 Å². The van der Waals surface area contributed by atoms with E-state index in [9.17, 15) is 14.7 Å². The summed E-state index contributed by atoms with van der Waals surface area (Å²) in [6, 6.07) is 9.83. The fraction of sp³-hybridized carbons (Fsp3) is 0.235. The number of rotatable bonds is 6. The highest BCUT2D eigenvalue weighted by Gasteiger charge is 2.16. The number of carbonyl (C=O) groups excluding carboxylic acids is 2. The van der Waals surface area contributed by atoms with Crippen LogP contribution in [0.1, 0.15) is 29.6 Å². The molecule has 0 aliphatic heterocycles. The number of carbonyl (C=O) groups is 2. The molecule has 2 aromatic carbocycles. The number of hydrogen-bond donors (Lipinski definition) is 2. The molecule has 2 rings (SSSR count). The van der Waals surface area contributed by atoms with Crippen LogP contribution in [0.25, 0.3) is 10.8 Å². The molecular formula is C17H17NO5. The van der Waals surface area contributed by atoms with Crippen molar-refractivity contribution < 1.29 is 24.6 Å². The van der Waals surface area contributed by atoms with E-state index in [1.54, 1.807) is 30.3 Å². The Kier molecular flexibility index (Phi) is 5.30. The fourth-order valence-electron chi connectivity index (χ4n) is 2.25. The van der Waals surface area contributed by atoms with Crippen LogP contribution in [0.4, 0.5) is 0 Å². The summed E-state index contributed by atoms with van der Waals surface area (Å²) in [4.78, 5) is 23.4. The number of nitrogens with zero attached hydrogens (tertiary/aromatic N) is 1. The van der Waals surface area contributed by atoms with Crippen LogP contribution < -0.4 is 0 Å². The van der Waals surface area contributed by atoms with Crippen LogP contribution in [-0.4, -0.2) is 34.9 Å². The van der Waals surface area contributed by atoms with Crippen LogP contribution in [0.5, 0.6) is 5.75 Å². The van der Waals surface area contributed by atoms with E-state index >= 15 is 0 Å². The lowest BCUT2D eigenvalue weighted by Crippen LogP contribution is -2.15. The number of ether oxygens (including phenoxy) is 1. The lowest BCUT2D eigenvalue weighted by atomic mass is 9.99. The molecule has 0 fully saturated rings. The molecule has 6 heteroatoms. The van der Waals surface area contributed by atoms with Gasteiger partial charge >= 0.3 is 5.97 Å². The molecule has 0 spiro atoms. The van der Waals surface area contributed by atoms with E-state index in [0.29, 0.717) is 12.0 Å². The predicted molar refractivity (Wildman–Crippen MR) is 85.0 cm³/mol. The Morgan fingerprint density at radius 3 is 2.48 bits per heavy atom. The first-order valence-electron chi connectivity index (χ1n) is 7.10. The van der Waals surface area contributed by atoms with Crippen molar-refractivity contribution in [2.75, 3.05) is 7.11 Å². The third-order valence-corrected chi connectivity index (χ3v) is 3.49. The summed E-state index contributed by atoms with van der Waals surface area (Å²) < 4.78 is 4.52. The van der Waals surface area contributed by atoms with Gasteiger partial charge in [-0.2, -0.15) is 0 Å². The number of Topliss-reactive ketones (excluding diaryl/α,β-unsaturated/α-hetero) is 1. The third-order valence-electron chi connectivity index (χ3n) is 3.49. The average molecular weight is 315 g/mol. The summed E-state index contributed by atoms with van der Waals surface area (Å²) >= 11 is 0. The van der Waals surface area contributed by atoms with Crippen molar-refractivity contribution in [1.82, 2.24) is 0 Å². The highest BCUT2D eigenvalue weighted by molar-refractivity contribution is 6.46. The Bertz CT molecular complexity index is 767. The van der Waals surface area contributed by atoms with Crippen molar-refractivity contribution in [3.05, 3.63) is 42.0 Å². The standard InChI is InChI=1S/C17H17NO5/c1-23-16(20)4-2-3-15(18-22)17(21)13-6-5-12-10-14(19)8-7-11(12)9-13/h5-10,19,22H,2-4H2,1H3. The molecule has 6 nitrogen and oxygen atoms in total. The van der Waals surface area contributed by atoms with Gasteiger partial charge in [0.05, 0.1) is 7.11 Å². The smallest absolute Gasteiger partial charge is 0.305 e. The molecule has 23 heavy (non-hydrogen) atoms. The van der Waals surface area contributed by atoms with Gasteiger partial charge in [0.25, 0.3) is 0 Å². The number of phenols is 1. The number of ketones is 1. The highest BCUT2D eigenvalue weighted by Crippen LogP contribution is 2.21. The van der Waals surface area contributed by atoms with Gasteiger partial charge in [-0.05, 0) is 41.8 Å². The van der Waals surface area contributed by atoms with Gasteiger partial charge in [-0.15, -0.1) is 0 Å². The minimum atomic E-state index is -0.396. The lowest BCUT2D eigenvalue weighted by Gasteiger charge is -2.06.